The number of urea groups is 1. The number of hydrogen-bond acceptors (Lipinski definition) is 3. The van der Waals surface area contributed by atoms with Crippen LogP contribution in [0, 0.1) is 5.92 Å². The summed E-state index contributed by atoms with van der Waals surface area (Å²) in [6.45, 7) is 2.10. The fourth-order valence-electron chi connectivity index (χ4n) is 2.29. The normalized spacial score (nSPS) is 24.7. The molecule has 0 aromatic carbocycles. The van der Waals surface area contributed by atoms with Crippen LogP contribution in [-0.4, -0.2) is 65.5 Å². The molecule has 2 aliphatic rings. The highest BCUT2D eigenvalue weighted by Gasteiger charge is 2.33. The van der Waals surface area contributed by atoms with Crippen LogP contribution in [0.15, 0.2) is 0 Å². The van der Waals surface area contributed by atoms with E-state index in [1.165, 1.54) is 0 Å². The van der Waals surface area contributed by atoms with Gasteiger partial charge in [-0.2, -0.15) is 0 Å². The maximum absolute atomic E-state index is 12.1. The first kappa shape index (κ1) is 12.7. The number of rotatable bonds is 1. The number of amides is 3. The van der Waals surface area contributed by atoms with Crippen molar-refractivity contribution in [2.75, 3.05) is 32.7 Å². The van der Waals surface area contributed by atoms with Crippen molar-refractivity contribution in [1.29, 1.82) is 0 Å². The summed E-state index contributed by atoms with van der Waals surface area (Å²) < 4.78 is 0. The van der Waals surface area contributed by atoms with E-state index in [0.29, 0.717) is 39.0 Å². The molecule has 7 nitrogen and oxygen atoms in total. The lowest BCUT2D eigenvalue weighted by Crippen LogP contribution is -2.43. The number of likely N-dealkylation sites (tertiary alicyclic amines) is 1. The Morgan fingerprint density at radius 3 is 2.67 bits per heavy atom. The number of hydrogen-bond donors (Lipinski definition) is 2. The van der Waals surface area contributed by atoms with E-state index in [2.05, 4.69) is 5.32 Å². The van der Waals surface area contributed by atoms with Gasteiger partial charge in [0.2, 0.25) is 5.91 Å². The van der Waals surface area contributed by atoms with E-state index < -0.39 is 11.9 Å². The maximum Gasteiger partial charge on any atom is 0.320 e. The predicted molar refractivity (Wildman–Crippen MR) is 61.9 cm³/mol. The van der Waals surface area contributed by atoms with Gasteiger partial charge >= 0.3 is 12.0 Å². The lowest BCUT2D eigenvalue weighted by molar-refractivity contribution is -0.141. The standard InChI is InChI=1S/C11H17N3O4/c15-9-2-5-13(6-3-12-9)11(18)14-4-1-8(7-14)10(16)17/h8H,1-7H2,(H,12,15)(H,16,17). The number of carbonyl (C=O) groups is 3. The smallest absolute Gasteiger partial charge is 0.320 e. The number of carboxylic acid groups (broad SMARTS) is 1. The van der Waals surface area contributed by atoms with Gasteiger partial charge in [0.05, 0.1) is 5.92 Å². The molecule has 0 bridgehead atoms. The van der Waals surface area contributed by atoms with Gasteiger partial charge in [0.15, 0.2) is 0 Å². The zero-order chi connectivity index (χ0) is 13.1. The van der Waals surface area contributed by atoms with Crippen LogP contribution in [0.25, 0.3) is 0 Å². The Morgan fingerprint density at radius 1 is 1.22 bits per heavy atom. The summed E-state index contributed by atoms with van der Waals surface area (Å²) >= 11 is 0. The Balaban J connectivity index is 1.91. The van der Waals surface area contributed by atoms with Crippen LogP contribution in [0.2, 0.25) is 0 Å². The third-order valence-electron chi connectivity index (χ3n) is 3.39. The molecule has 0 aromatic heterocycles. The molecule has 7 heteroatoms. The predicted octanol–water partition coefficient (Wildman–Crippen LogP) is -0.665. The van der Waals surface area contributed by atoms with Gasteiger partial charge < -0.3 is 20.2 Å². The van der Waals surface area contributed by atoms with Crippen molar-refractivity contribution in [3.05, 3.63) is 0 Å². The summed E-state index contributed by atoms with van der Waals surface area (Å²) in [4.78, 5) is 37.3. The lowest BCUT2D eigenvalue weighted by atomic mass is 10.1. The largest absolute Gasteiger partial charge is 0.481 e. The molecular formula is C11H17N3O4. The zero-order valence-corrected chi connectivity index (χ0v) is 10.1. The molecule has 2 fully saturated rings. The van der Waals surface area contributed by atoms with E-state index in [4.69, 9.17) is 5.11 Å². The van der Waals surface area contributed by atoms with E-state index in [1.54, 1.807) is 9.80 Å². The molecule has 3 amide bonds. The van der Waals surface area contributed by atoms with Crippen LogP contribution in [0.3, 0.4) is 0 Å². The number of carboxylic acids is 1. The highest BCUT2D eigenvalue weighted by Crippen LogP contribution is 2.18. The second-order valence-electron chi connectivity index (χ2n) is 4.64. The van der Waals surface area contributed by atoms with Crippen LogP contribution in [0.1, 0.15) is 12.8 Å². The fourth-order valence-corrected chi connectivity index (χ4v) is 2.29. The number of nitrogens with zero attached hydrogens (tertiary/aromatic N) is 2. The molecule has 0 spiro atoms. The Labute approximate surface area is 105 Å². The second-order valence-corrected chi connectivity index (χ2v) is 4.64. The molecule has 100 valence electrons. The monoisotopic (exact) mass is 255 g/mol. The first-order chi connectivity index (χ1) is 8.58. The van der Waals surface area contributed by atoms with E-state index in [0.717, 1.165) is 0 Å². The highest BCUT2D eigenvalue weighted by molar-refractivity contribution is 5.80. The van der Waals surface area contributed by atoms with E-state index in [-0.39, 0.29) is 18.5 Å². The maximum atomic E-state index is 12.1. The van der Waals surface area contributed by atoms with Crippen LogP contribution in [0.4, 0.5) is 4.79 Å². The molecular weight excluding hydrogens is 238 g/mol. The van der Waals surface area contributed by atoms with Gasteiger partial charge in [-0.25, -0.2) is 4.79 Å². The summed E-state index contributed by atoms with van der Waals surface area (Å²) in [7, 11) is 0. The summed E-state index contributed by atoms with van der Waals surface area (Å²) in [5.41, 5.74) is 0. The topological polar surface area (TPSA) is 90.0 Å². The molecule has 1 atom stereocenters. The molecule has 2 saturated heterocycles. The van der Waals surface area contributed by atoms with Gasteiger partial charge in [0.1, 0.15) is 0 Å². The third kappa shape index (κ3) is 2.72. The average Bonchev–Trinajstić information content (AvgIpc) is 2.73. The summed E-state index contributed by atoms with van der Waals surface area (Å²) in [6, 6.07) is -0.157. The molecule has 0 aliphatic carbocycles. The van der Waals surface area contributed by atoms with Crippen molar-refractivity contribution in [2.24, 2.45) is 5.92 Å². The zero-order valence-electron chi connectivity index (χ0n) is 10.1. The van der Waals surface area contributed by atoms with Crippen molar-refractivity contribution in [3.8, 4) is 0 Å². The minimum atomic E-state index is -0.849. The van der Waals surface area contributed by atoms with Gasteiger partial charge in [-0.05, 0) is 6.42 Å². The highest BCUT2D eigenvalue weighted by atomic mass is 16.4. The minimum absolute atomic E-state index is 0.0462. The van der Waals surface area contributed by atoms with E-state index >= 15 is 0 Å². The number of nitrogens with one attached hydrogen (secondary N) is 1. The molecule has 2 N–H and O–H groups in total. The van der Waals surface area contributed by atoms with E-state index in [1.807, 2.05) is 0 Å². The first-order valence-electron chi connectivity index (χ1n) is 6.11. The summed E-state index contributed by atoms with van der Waals surface area (Å²) in [6.07, 6.45) is 0.814. The molecule has 2 aliphatic heterocycles. The molecule has 18 heavy (non-hydrogen) atoms. The van der Waals surface area contributed by atoms with E-state index in [9.17, 15) is 14.4 Å². The Morgan fingerprint density at radius 2 is 2.00 bits per heavy atom. The van der Waals surface area contributed by atoms with Crippen molar-refractivity contribution < 1.29 is 19.5 Å². The quantitative estimate of drug-likeness (QED) is 0.650. The molecule has 0 aromatic rings. The van der Waals surface area contributed by atoms with Crippen molar-refractivity contribution in [2.45, 2.75) is 12.8 Å². The lowest BCUT2D eigenvalue weighted by Gasteiger charge is -2.26. The van der Waals surface area contributed by atoms with Crippen molar-refractivity contribution in [3.63, 3.8) is 0 Å². The summed E-state index contributed by atoms with van der Waals surface area (Å²) in [5, 5.41) is 11.6. The van der Waals surface area contributed by atoms with Gasteiger partial charge in [-0.1, -0.05) is 0 Å². The SMILES string of the molecule is O=C1CCN(C(=O)N2CCC(C(=O)O)C2)CCN1. The third-order valence-corrected chi connectivity index (χ3v) is 3.39. The molecule has 1 unspecified atom stereocenters. The van der Waals surface area contributed by atoms with Crippen LogP contribution < -0.4 is 5.32 Å². The van der Waals surface area contributed by atoms with Crippen molar-refractivity contribution in [1.82, 2.24) is 15.1 Å². The van der Waals surface area contributed by atoms with Crippen LogP contribution >= 0.6 is 0 Å². The van der Waals surface area contributed by atoms with Gasteiger partial charge in [0.25, 0.3) is 0 Å². The Kier molecular flexibility index (Phi) is 3.69. The first-order valence-corrected chi connectivity index (χ1v) is 6.11. The Hall–Kier alpha value is -1.79. The summed E-state index contributed by atoms with van der Waals surface area (Å²) in [5.74, 6) is -1.35. The number of aliphatic carboxylic acids is 1. The average molecular weight is 255 g/mol. The molecule has 0 radical (unpaired) electrons. The minimum Gasteiger partial charge on any atom is -0.481 e. The van der Waals surface area contributed by atoms with Crippen LogP contribution in [0.5, 0.6) is 0 Å². The number of carbonyl (C=O) groups excluding carboxylic acids is 2. The van der Waals surface area contributed by atoms with Gasteiger partial charge in [-0.3, -0.25) is 9.59 Å². The fraction of sp³-hybridized carbons (Fsp3) is 0.727. The molecule has 2 heterocycles. The second kappa shape index (κ2) is 5.24. The molecule has 0 saturated carbocycles. The molecule has 2 rings (SSSR count). The van der Waals surface area contributed by atoms with Gasteiger partial charge in [0, 0.05) is 39.1 Å². The van der Waals surface area contributed by atoms with Crippen molar-refractivity contribution >= 4 is 17.9 Å². The van der Waals surface area contributed by atoms with Gasteiger partial charge in [-0.15, -0.1) is 0 Å². The Bertz CT molecular complexity index is 371. The van der Waals surface area contributed by atoms with Crippen LogP contribution in [-0.2, 0) is 9.59 Å².